The molecule has 3 aromatic rings. The predicted molar refractivity (Wildman–Crippen MR) is 125 cm³/mol. The summed E-state index contributed by atoms with van der Waals surface area (Å²) < 4.78 is 34.9. The Kier molecular flexibility index (Phi) is 5.67. The van der Waals surface area contributed by atoms with Crippen LogP contribution in [0.3, 0.4) is 0 Å². The highest BCUT2D eigenvalue weighted by molar-refractivity contribution is 7.89. The van der Waals surface area contributed by atoms with Crippen LogP contribution >= 0.6 is 0 Å². The van der Waals surface area contributed by atoms with Gasteiger partial charge >= 0.3 is 0 Å². The Morgan fingerprint density at radius 3 is 2.52 bits per heavy atom. The van der Waals surface area contributed by atoms with Crippen molar-refractivity contribution in [2.45, 2.75) is 37.0 Å². The fourth-order valence-electron chi connectivity index (χ4n) is 4.54. The summed E-state index contributed by atoms with van der Waals surface area (Å²) in [6, 6.07) is 14.2. The average Bonchev–Trinajstić information content (AvgIpc) is 3.58. The first kappa shape index (κ1) is 21.7. The van der Waals surface area contributed by atoms with E-state index in [1.807, 2.05) is 30.3 Å². The first-order valence-electron chi connectivity index (χ1n) is 11.1. The number of hydrogen-bond acceptors (Lipinski definition) is 5. The van der Waals surface area contributed by atoms with Crippen LogP contribution in [0.25, 0.3) is 5.69 Å². The van der Waals surface area contributed by atoms with Gasteiger partial charge in [0.2, 0.25) is 10.0 Å². The number of ether oxygens (including phenoxy) is 1. The van der Waals surface area contributed by atoms with Gasteiger partial charge < -0.3 is 10.1 Å². The summed E-state index contributed by atoms with van der Waals surface area (Å²) in [5.41, 5.74) is 3.13. The van der Waals surface area contributed by atoms with Crippen molar-refractivity contribution in [2.24, 2.45) is 0 Å². The van der Waals surface area contributed by atoms with Crippen molar-refractivity contribution in [1.82, 2.24) is 14.1 Å². The van der Waals surface area contributed by atoms with Crippen molar-refractivity contribution in [2.75, 3.05) is 25.5 Å². The Bertz CT molecular complexity index is 1300. The van der Waals surface area contributed by atoms with Crippen molar-refractivity contribution in [3.8, 4) is 11.4 Å². The topological polar surface area (TPSA) is 93.5 Å². The molecule has 1 N–H and O–H groups in total. The average molecular weight is 467 g/mol. The Morgan fingerprint density at radius 1 is 1.03 bits per heavy atom. The van der Waals surface area contributed by atoms with Gasteiger partial charge in [-0.25, -0.2) is 13.1 Å². The summed E-state index contributed by atoms with van der Waals surface area (Å²) in [6.07, 6.45) is 4.37. The van der Waals surface area contributed by atoms with Crippen molar-refractivity contribution in [1.29, 1.82) is 0 Å². The number of aryl methyl sites for hydroxylation is 1. The van der Waals surface area contributed by atoms with Crippen LogP contribution < -0.4 is 10.1 Å². The summed E-state index contributed by atoms with van der Waals surface area (Å²) in [5, 5.41) is 7.73. The summed E-state index contributed by atoms with van der Waals surface area (Å²) in [6.45, 7) is 0.953. The second-order valence-electron chi connectivity index (χ2n) is 8.31. The van der Waals surface area contributed by atoms with Crippen LogP contribution in [0.15, 0.2) is 53.4 Å². The standard InChI is InChI=1S/C24H26N4O4S/c1-32-21-13-12-17(16-22(21)33(30,31)27-14-5-6-15-27)24(29)25-23-19-10-7-11-20(19)26-28(23)18-8-3-2-4-9-18/h2-4,8-9,12-13,16H,5-7,10-11,14-15H2,1H3,(H,25,29). The summed E-state index contributed by atoms with van der Waals surface area (Å²) >= 11 is 0. The molecule has 0 bridgehead atoms. The van der Waals surface area contributed by atoms with Gasteiger partial charge in [0.15, 0.2) is 0 Å². The van der Waals surface area contributed by atoms with Crippen molar-refractivity contribution in [3.63, 3.8) is 0 Å². The Morgan fingerprint density at radius 2 is 1.79 bits per heavy atom. The maximum Gasteiger partial charge on any atom is 0.256 e. The van der Waals surface area contributed by atoms with Gasteiger partial charge in [0, 0.05) is 24.2 Å². The molecule has 5 rings (SSSR count). The molecule has 1 aromatic heterocycles. The van der Waals surface area contributed by atoms with Crippen molar-refractivity contribution < 1.29 is 17.9 Å². The number of sulfonamides is 1. The second kappa shape index (κ2) is 8.64. The SMILES string of the molecule is COc1ccc(C(=O)Nc2c3c(nn2-c2ccccc2)CCC3)cc1S(=O)(=O)N1CCCC1. The molecule has 9 heteroatoms. The van der Waals surface area contributed by atoms with Crippen LogP contribution in [0.5, 0.6) is 5.75 Å². The van der Waals surface area contributed by atoms with Crippen LogP contribution in [0.2, 0.25) is 0 Å². The molecule has 0 saturated carbocycles. The summed E-state index contributed by atoms with van der Waals surface area (Å²) in [4.78, 5) is 13.3. The molecule has 2 aromatic carbocycles. The van der Waals surface area contributed by atoms with E-state index in [0.29, 0.717) is 18.9 Å². The maximum atomic E-state index is 13.3. The van der Waals surface area contributed by atoms with E-state index >= 15 is 0 Å². The lowest BCUT2D eigenvalue weighted by Crippen LogP contribution is -2.28. The zero-order valence-corrected chi connectivity index (χ0v) is 19.3. The molecule has 33 heavy (non-hydrogen) atoms. The number of anilines is 1. The zero-order chi connectivity index (χ0) is 23.0. The molecular formula is C24H26N4O4S. The summed E-state index contributed by atoms with van der Waals surface area (Å²) in [7, 11) is -2.32. The van der Waals surface area contributed by atoms with Gasteiger partial charge in [0.25, 0.3) is 5.91 Å². The van der Waals surface area contributed by atoms with Crippen molar-refractivity contribution in [3.05, 3.63) is 65.4 Å². The number of rotatable bonds is 6. The quantitative estimate of drug-likeness (QED) is 0.601. The van der Waals surface area contributed by atoms with Gasteiger partial charge in [0.1, 0.15) is 16.5 Å². The monoisotopic (exact) mass is 466 g/mol. The fraction of sp³-hybridized carbons (Fsp3) is 0.333. The number of carbonyl (C=O) groups is 1. The number of para-hydroxylation sites is 1. The Labute approximate surface area is 193 Å². The third-order valence-electron chi connectivity index (χ3n) is 6.25. The molecule has 8 nitrogen and oxygen atoms in total. The normalized spacial score (nSPS) is 16.0. The number of hydrogen-bond donors (Lipinski definition) is 1. The van der Waals surface area contributed by atoms with Gasteiger partial charge in [-0.2, -0.15) is 9.40 Å². The largest absolute Gasteiger partial charge is 0.495 e. The lowest BCUT2D eigenvalue weighted by atomic mass is 10.2. The van der Waals surface area contributed by atoms with E-state index in [-0.39, 0.29) is 22.1 Å². The minimum atomic E-state index is -3.75. The molecule has 0 unspecified atom stereocenters. The summed E-state index contributed by atoms with van der Waals surface area (Å²) in [5.74, 6) is 0.481. The third kappa shape index (κ3) is 3.91. The molecule has 172 valence electrons. The lowest BCUT2D eigenvalue weighted by molar-refractivity contribution is 0.102. The first-order chi connectivity index (χ1) is 16.0. The highest BCUT2D eigenvalue weighted by atomic mass is 32.2. The highest BCUT2D eigenvalue weighted by Crippen LogP contribution is 2.33. The molecule has 1 aliphatic heterocycles. The second-order valence-corrected chi connectivity index (χ2v) is 10.2. The van der Waals surface area contributed by atoms with Gasteiger partial charge in [-0.15, -0.1) is 0 Å². The van der Waals surface area contributed by atoms with Crippen LogP contribution in [0, 0.1) is 0 Å². The van der Waals surface area contributed by atoms with Gasteiger partial charge in [0.05, 0.1) is 18.5 Å². The van der Waals surface area contributed by atoms with E-state index < -0.39 is 10.0 Å². The molecule has 1 fully saturated rings. The van der Waals surface area contributed by atoms with E-state index in [0.717, 1.165) is 49.0 Å². The van der Waals surface area contributed by atoms with Crippen LogP contribution in [0.1, 0.15) is 40.9 Å². The third-order valence-corrected chi connectivity index (χ3v) is 8.17. The maximum absolute atomic E-state index is 13.3. The molecule has 1 aliphatic carbocycles. The van der Waals surface area contributed by atoms with E-state index in [9.17, 15) is 13.2 Å². The number of aromatic nitrogens is 2. The molecular weight excluding hydrogens is 440 g/mol. The predicted octanol–water partition coefficient (Wildman–Crippen LogP) is 3.41. The first-order valence-corrected chi connectivity index (χ1v) is 12.6. The zero-order valence-electron chi connectivity index (χ0n) is 18.5. The minimum absolute atomic E-state index is 0.0151. The van der Waals surface area contributed by atoms with Gasteiger partial charge in [-0.05, 0) is 62.4 Å². The molecule has 0 radical (unpaired) electrons. The number of nitrogens with one attached hydrogen (secondary N) is 1. The van der Waals surface area contributed by atoms with Crippen molar-refractivity contribution >= 4 is 21.7 Å². The van der Waals surface area contributed by atoms with Crippen LogP contribution in [0.4, 0.5) is 5.82 Å². The number of fused-ring (bicyclic) bond motifs is 1. The number of nitrogens with zero attached hydrogens (tertiary/aromatic N) is 3. The molecule has 2 aliphatic rings. The fourth-order valence-corrected chi connectivity index (χ4v) is 6.24. The van der Waals surface area contributed by atoms with Gasteiger partial charge in [-0.1, -0.05) is 18.2 Å². The Balaban J connectivity index is 1.51. The van der Waals surface area contributed by atoms with E-state index in [2.05, 4.69) is 5.32 Å². The number of amides is 1. The molecule has 0 atom stereocenters. The molecule has 1 amide bonds. The number of methoxy groups -OCH3 is 1. The lowest BCUT2D eigenvalue weighted by Gasteiger charge is -2.18. The van der Waals surface area contributed by atoms with Gasteiger partial charge in [-0.3, -0.25) is 4.79 Å². The molecule has 2 heterocycles. The molecule has 0 spiro atoms. The van der Waals surface area contributed by atoms with E-state index in [1.165, 1.54) is 23.5 Å². The number of benzene rings is 2. The van der Waals surface area contributed by atoms with Crippen LogP contribution in [-0.2, 0) is 22.9 Å². The van der Waals surface area contributed by atoms with E-state index in [1.54, 1.807) is 10.7 Å². The smallest absolute Gasteiger partial charge is 0.256 e. The highest BCUT2D eigenvalue weighted by Gasteiger charge is 2.31. The van der Waals surface area contributed by atoms with Crippen LogP contribution in [-0.4, -0.2) is 48.6 Å². The molecule has 1 saturated heterocycles. The number of carbonyl (C=O) groups excluding carboxylic acids is 1. The van der Waals surface area contributed by atoms with E-state index in [4.69, 9.17) is 9.84 Å². The Hall–Kier alpha value is -3.17. The minimum Gasteiger partial charge on any atom is -0.495 e.